The van der Waals surface area contributed by atoms with Gasteiger partial charge in [-0.25, -0.2) is 0 Å². The molecule has 0 spiro atoms. The lowest BCUT2D eigenvalue weighted by Crippen LogP contribution is -2.42. The van der Waals surface area contributed by atoms with E-state index in [1.807, 2.05) is 32.9 Å². The summed E-state index contributed by atoms with van der Waals surface area (Å²) in [5.74, 6) is 1.15. The number of anilines is 2. The lowest BCUT2D eigenvalue weighted by molar-refractivity contribution is 0.00651. The monoisotopic (exact) mass is 320 g/mol. The number of nitrogen functional groups attached to an aromatic ring is 1. The van der Waals surface area contributed by atoms with Crippen molar-refractivity contribution in [3.8, 4) is 5.75 Å². The molecule has 2 aliphatic rings. The van der Waals surface area contributed by atoms with E-state index < -0.39 is 11.2 Å². The Morgan fingerprint density at radius 1 is 1.35 bits per heavy atom. The third-order valence-corrected chi connectivity index (χ3v) is 5.30. The van der Waals surface area contributed by atoms with Crippen LogP contribution < -0.4 is 15.4 Å². The standard InChI is InChI=1S/C18H28N2O3/c1-17(2,22)13-4-6-20(7-5-13)15-9-16-12(8-14(15)19)10-18(3,11-21)23-16/h8-9,13,21-22H,4-7,10-11,19H2,1-3H3. The Hall–Kier alpha value is -1.46. The minimum absolute atomic E-state index is 0.00606. The first-order chi connectivity index (χ1) is 10.7. The number of hydrogen-bond acceptors (Lipinski definition) is 5. The highest BCUT2D eigenvalue weighted by atomic mass is 16.5. The quantitative estimate of drug-likeness (QED) is 0.742. The van der Waals surface area contributed by atoms with Crippen LogP contribution in [0.5, 0.6) is 5.75 Å². The lowest BCUT2D eigenvalue weighted by atomic mass is 9.83. The van der Waals surface area contributed by atoms with Crippen LogP contribution in [-0.2, 0) is 6.42 Å². The highest BCUT2D eigenvalue weighted by Gasteiger charge is 2.36. The average Bonchev–Trinajstić information content (AvgIpc) is 2.82. The molecule has 5 heteroatoms. The maximum Gasteiger partial charge on any atom is 0.133 e. The molecule has 0 bridgehead atoms. The van der Waals surface area contributed by atoms with Crippen molar-refractivity contribution in [3.05, 3.63) is 17.7 Å². The molecule has 0 radical (unpaired) electrons. The molecule has 128 valence electrons. The Kier molecular flexibility index (Phi) is 3.97. The Morgan fingerprint density at radius 3 is 2.57 bits per heavy atom. The van der Waals surface area contributed by atoms with Gasteiger partial charge in [-0.05, 0) is 45.6 Å². The van der Waals surface area contributed by atoms with Crippen LogP contribution in [0.15, 0.2) is 12.1 Å². The van der Waals surface area contributed by atoms with Crippen molar-refractivity contribution in [3.63, 3.8) is 0 Å². The minimum Gasteiger partial charge on any atom is -0.484 e. The van der Waals surface area contributed by atoms with Gasteiger partial charge in [-0.2, -0.15) is 0 Å². The molecule has 23 heavy (non-hydrogen) atoms. The van der Waals surface area contributed by atoms with Gasteiger partial charge in [0, 0.05) is 31.1 Å². The first-order valence-corrected chi connectivity index (χ1v) is 8.41. The van der Waals surface area contributed by atoms with E-state index in [-0.39, 0.29) is 6.61 Å². The molecule has 1 unspecified atom stereocenters. The highest BCUT2D eigenvalue weighted by Crippen LogP contribution is 2.41. The molecule has 1 fully saturated rings. The van der Waals surface area contributed by atoms with E-state index in [0.717, 1.165) is 48.6 Å². The van der Waals surface area contributed by atoms with Crippen LogP contribution in [0.3, 0.4) is 0 Å². The molecule has 0 aliphatic carbocycles. The summed E-state index contributed by atoms with van der Waals surface area (Å²) in [5.41, 5.74) is 7.93. The van der Waals surface area contributed by atoms with Crippen LogP contribution in [0.4, 0.5) is 11.4 Å². The second-order valence-electron chi connectivity index (χ2n) is 7.82. The van der Waals surface area contributed by atoms with Gasteiger partial charge in [-0.15, -0.1) is 0 Å². The molecule has 1 atom stereocenters. The van der Waals surface area contributed by atoms with Crippen molar-refractivity contribution in [1.82, 2.24) is 0 Å². The van der Waals surface area contributed by atoms with Crippen LogP contribution >= 0.6 is 0 Å². The van der Waals surface area contributed by atoms with Gasteiger partial charge in [0.05, 0.1) is 23.6 Å². The summed E-state index contributed by atoms with van der Waals surface area (Å²) in [7, 11) is 0. The number of ether oxygens (including phenoxy) is 1. The molecule has 4 N–H and O–H groups in total. The van der Waals surface area contributed by atoms with Gasteiger partial charge >= 0.3 is 0 Å². The largest absolute Gasteiger partial charge is 0.484 e. The number of nitrogens with zero attached hydrogens (tertiary/aromatic N) is 1. The molecule has 0 aromatic heterocycles. The number of hydrogen-bond donors (Lipinski definition) is 3. The maximum atomic E-state index is 10.2. The summed E-state index contributed by atoms with van der Waals surface area (Å²) in [6, 6.07) is 3.99. The number of aliphatic hydroxyl groups is 2. The molecule has 1 aromatic rings. The van der Waals surface area contributed by atoms with E-state index in [4.69, 9.17) is 10.5 Å². The summed E-state index contributed by atoms with van der Waals surface area (Å²) in [6.07, 6.45) is 2.59. The van der Waals surface area contributed by atoms with Crippen molar-refractivity contribution >= 4 is 11.4 Å². The van der Waals surface area contributed by atoms with Crippen LogP contribution in [0.2, 0.25) is 0 Å². The molecule has 1 aromatic carbocycles. The molecular formula is C18H28N2O3. The van der Waals surface area contributed by atoms with Crippen LogP contribution in [-0.4, -0.2) is 41.1 Å². The molecule has 1 saturated heterocycles. The van der Waals surface area contributed by atoms with Crippen LogP contribution in [0, 0.1) is 5.92 Å². The Balaban J connectivity index is 1.77. The van der Waals surface area contributed by atoms with Crippen molar-refractivity contribution in [2.45, 2.75) is 51.2 Å². The second-order valence-corrected chi connectivity index (χ2v) is 7.82. The highest BCUT2D eigenvalue weighted by molar-refractivity contribution is 5.72. The predicted molar refractivity (Wildman–Crippen MR) is 91.9 cm³/mol. The molecule has 2 heterocycles. The minimum atomic E-state index is -0.623. The summed E-state index contributed by atoms with van der Waals surface area (Å²) in [6.45, 7) is 7.46. The summed E-state index contributed by atoms with van der Waals surface area (Å²) in [4.78, 5) is 2.27. The third kappa shape index (κ3) is 3.12. The first kappa shape index (κ1) is 16.4. The fourth-order valence-corrected chi connectivity index (χ4v) is 3.76. The van der Waals surface area contributed by atoms with Crippen molar-refractivity contribution in [2.24, 2.45) is 5.92 Å². The van der Waals surface area contributed by atoms with E-state index in [1.165, 1.54) is 0 Å². The van der Waals surface area contributed by atoms with Crippen LogP contribution in [0.25, 0.3) is 0 Å². The molecule has 2 aliphatic heterocycles. The topological polar surface area (TPSA) is 79.0 Å². The number of piperidine rings is 1. The second kappa shape index (κ2) is 5.56. The number of aliphatic hydroxyl groups excluding tert-OH is 1. The summed E-state index contributed by atoms with van der Waals surface area (Å²) < 4.78 is 5.93. The molecule has 0 amide bonds. The normalized spacial score (nSPS) is 25.3. The molecule has 5 nitrogen and oxygen atoms in total. The average molecular weight is 320 g/mol. The Bertz CT molecular complexity index is 589. The lowest BCUT2D eigenvalue weighted by Gasteiger charge is -2.39. The van der Waals surface area contributed by atoms with Crippen molar-refractivity contribution < 1.29 is 14.9 Å². The Labute approximate surface area is 138 Å². The molecule has 0 saturated carbocycles. The number of fused-ring (bicyclic) bond motifs is 1. The SMILES string of the molecule is CC1(CO)Cc2cc(N)c(N3CCC(C(C)(C)O)CC3)cc2O1. The summed E-state index contributed by atoms with van der Waals surface area (Å²) in [5, 5.41) is 19.7. The van der Waals surface area contributed by atoms with Gasteiger partial charge in [0.2, 0.25) is 0 Å². The van der Waals surface area contributed by atoms with E-state index in [1.54, 1.807) is 0 Å². The first-order valence-electron chi connectivity index (χ1n) is 8.41. The predicted octanol–water partition coefficient (Wildman–Crippen LogP) is 1.94. The Morgan fingerprint density at radius 2 is 2.00 bits per heavy atom. The third-order valence-electron chi connectivity index (χ3n) is 5.30. The van der Waals surface area contributed by atoms with Crippen molar-refractivity contribution in [1.29, 1.82) is 0 Å². The van der Waals surface area contributed by atoms with Gasteiger partial charge < -0.3 is 25.6 Å². The zero-order valence-corrected chi connectivity index (χ0v) is 14.3. The van der Waals surface area contributed by atoms with E-state index in [2.05, 4.69) is 4.90 Å². The fraction of sp³-hybridized carbons (Fsp3) is 0.667. The molecule has 3 rings (SSSR count). The maximum absolute atomic E-state index is 10.2. The smallest absolute Gasteiger partial charge is 0.133 e. The number of nitrogens with two attached hydrogens (primary N) is 1. The van der Waals surface area contributed by atoms with Crippen LogP contribution in [0.1, 0.15) is 39.2 Å². The zero-order valence-electron chi connectivity index (χ0n) is 14.3. The van der Waals surface area contributed by atoms with Crippen molar-refractivity contribution in [2.75, 3.05) is 30.3 Å². The van der Waals surface area contributed by atoms with Gasteiger partial charge in [0.25, 0.3) is 0 Å². The zero-order chi connectivity index (χ0) is 16.8. The number of rotatable bonds is 3. The fourth-order valence-electron chi connectivity index (χ4n) is 3.76. The summed E-state index contributed by atoms with van der Waals surface area (Å²) >= 11 is 0. The van der Waals surface area contributed by atoms with E-state index in [0.29, 0.717) is 12.3 Å². The van der Waals surface area contributed by atoms with Gasteiger partial charge in [0.15, 0.2) is 0 Å². The molecular weight excluding hydrogens is 292 g/mol. The number of benzene rings is 1. The van der Waals surface area contributed by atoms with Gasteiger partial charge in [0.1, 0.15) is 11.4 Å². The van der Waals surface area contributed by atoms with Gasteiger partial charge in [-0.1, -0.05) is 0 Å². The van der Waals surface area contributed by atoms with E-state index in [9.17, 15) is 10.2 Å². The van der Waals surface area contributed by atoms with E-state index >= 15 is 0 Å². The van der Waals surface area contributed by atoms with Gasteiger partial charge in [-0.3, -0.25) is 0 Å².